The lowest BCUT2D eigenvalue weighted by atomic mass is 9.96. The van der Waals surface area contributed by atoms with Gasteiger partial charge in [0.1, 0.15) is 11.3 Å². The van der Waals surface area contributed by atoms with Crippen LogP contribution in [0, 0.1) is 6.92 Å². The molecule has 1 atom stereocenters. The van der Waals surface area contributed by atoms with Gasteiger partial charge in [-0.15, -0.1) is 10.2 Å². The number of ether oxygens (including phenoxy) is 2. The van der Waals surface area contributed by atoms with Gasteiger partial charge in [0.15, 0.2) is 21.6 Å². The van der Waals surface area contributed by atoms with Crippen LogP contribution in [0.1, 0.15) is 55.2 Å². The van der Waals surface area contributed by atoms with Crippen LogP contribution >= 0.6 is 23.1 Å². The number of unbranched alkanes of at least 4 members (excludes halogenated alkanes) is 1. The van der Waals surface area contributed by atoms with E-state index in [-0.39, 0.29) is 16.5 Å². The maximum atomic E-state index is 14.0. The molecule has 12 heteroatoms. The molecule has 3 aromatic carbocycles. The Morgan fingerprint density at radius 3 is 2.62 bits per heavy atom. The number of aliphatic hydroxyl groups is 1. The fourth-order valence-corrected chi connectivity index (χ4v) is 8.07. The van der Waals surface area contributed by atoms with Crippen molar-refractivity contribution in [3.8, 4) is 11.5 Å². The predicted molar refractivity (Wildman–Crippen MR) is 196 cm³/mol. The van der Waals surface area contributed by atoms with E-state index in [4.69, 9.17) is 9.47 Å². The number of nitrogens with zero attached hydrogens (tertiary/aromatic N) is 5. The molecule has 1 aliphatic rings. The molecule has 10 nitrogen and oxygen atoms in total. The molecule has 6 aromatic rings. The van der Waals surface area contributed by atoms with Gasteiger partial charge in [0.05, 0.1) is 30.5 Å². The average molecular weight is 706 g/mol. The maximum absolute atomic E-state index is 14.0. The molecule has 7 rings (SSSR count). The molecule has 0 radical (unpaired) electrons. The van der Waals surface area contributed by atoms with Gasteiger partial charge in [-0.25, -0.2) is 4.98 Å². The Morgan fingerprint density at radius 2 is 1.78 bits per heavy atom. The summed E-state index contributed by atoms with van der Waals surface area (Å²) in [6, 6.07) is 24.2. The van der Waals surface area contributed by atoms with Crippen LogP contribution in [-0.2, 0) is 15.3 Å². The summed E-state index contributed by atoms with van der Waals surface area (Å²) in [5, 5.41) is 23.3. The Bertz CT molecular complexity index is 2260. The Morgan fingerprint density at radius 1 is 0.960 bits per heavy atom. The normalized spacial score (nSPS) is 15.7. The van der Waals surface area contributed by atoms with Crippen molar-refractivity contribution in [3.05, 3.63) is 113 Å². The maximum Gasteiger partial charge on any atom is 0.301 e. The lowest BCUT2D eigenvalue weighted by Crippen LogP contribution is -2.29. The topological polar surface area (TPSA) is 119 Å². The minimum atomic E-state index is -1.03. The number of aryl methyl sites for hydroxylation is 1. The zero-order valence-electron chi connectivity index (χ0n) is 27.8. The first-order chi connectivity index (χ1) is 24.4. The number of thioether (sulfide) groups is 1. The van der Waals surface area contributed by atoms with Crippen molar-refractivity contribution in [3.63, 3.8) is 0 Å². The van der Waals surface area contributed by atoms with Crippen molar-refractivity contribution in [2.75, 3.05) is 18.1 Å². The number of imidazole rings is 1. The molecule has 0 spiro atoms. The van der Waals surface area contributed by atoms with Crippen molar-refractivity contribution >= 4 is 62.1 Å². The lowest BCUT2D eigenvalue weighted by Gasteiger charge is -2.23. The second-order valence-electron chi connectivity index (χ2n) is 11.8. The van der Waals surface area contributed by atoms with E-state index in [2.05, 4.69) is 46.4 Å². The van der Waals surface area contributed by atoms with Gasteiger partial charge in [-0.3, -0.25) is 18.9 Å². The first kappa shape index (κ1) is 33.3. The molecular formula is C38H35N5O5S2. The number of rotatable bonds is 12. The van der Waals surface area contributed by atoms with Gasteiger partial charge in [0.2, 0.25) is 5.13 Å². The van der Waals surface area contributed by atoms with E-state index >= 15 is 0 Å². The van der Waals surface area contributed by atoms with Gasteiger partial charge in [-0.1, -0.05) is 91.0 Å². The summed E-state index contributed by atoms with van der Waals surface area (Å²) in [5.41, 5.74) is 3.06. The van der Waals surface area contributed by atoms with E-state index in [0.29, 0.717) is 57.4 Å². The number of fused-ring (bicyclic) bond motifs is 2. The van der Waals surface area contributed by atoms with Crippen molar-refractivity contribution in [2.24, 2.45) is 0 Å². The summed E-state index contributed by atoms with van der Waals surface area (Å²) >= 11 is 2.73. The van der Waals surface area contributed by atoms with E-state index < -0.39 is 17.7 Å². The number of hydrogen-bond donors (Lipinski definition) is 1. The highest BCUT2D eigenvalue weighted by molar-refractivity contribution is 8.00. The highest BCUT2D eigenvalue weighted by atomic mass is 32.2. The molecule has 50 heavy (non-hydrogen) atoms. The monoisotopic (exact) mass is 705 g/mol. The van der Waals surface area contributed by atoms with E-state index in [1.165, 1.54) is 28.0 Å². The number of ketones is 1. The first-order valence-electron chi connectivity index (χ1n) is 16.5. The number of benzene rings is 3. The van der Waals surface area contributed by atoms with Crippen LogP contribution in [0.25, 0.3) is 22.2 Å². The van der Waals surface area contributed by atoms with Crippen LogP contribution in [0.4, 0.5) is 5.13 Å². The van der Waals surface area contributed by atoms with E-state index in [0.717, 1.165) is 29.2 Å². The molecule has 254 valence electrons. The fourth-order valence-electron chi connectivity index (χ4n) is 6.20. The summed E-state index contributed by atoms with van der Waals surface area (Å²) in [6.45, 7) is 6.62. The van der Waals surface area contributed by atoms with Crippen molar-refractivity contribution < 1.29 is 24.2 Å². The Balaban J connectivity index is 1.31. The Labute approximate surface area is 297 Å². The van der Waals surface area contributed by atoms with Crippen LogP contribution in [0.2, 0.25) is 0 Å². The van der Waals surface area contributed by atoms with E-state index in [1.807, 2.05) is 43.3 Å². The van der Waals surface area contributed by atoms with Crippen LogP contribution in [0.5, 0.6) is 11.5 Å². The first-order valence-corrected chi connectivity index (χ1v) is 18.3. The van der Waals surface area contributed by atoms with E-state index in [1.54, 1.807) is 35.7 Å². The highest BCUT2D eigenvalue weighted by Gasteiger charge is 2.49. The number of anilines is 1. The van der Waals surface area contributed by atoms with Crippen LogP contribution in [-0.4, -0.2) is 49.6 Å². The van der Waals surface area contributed by atoms with Crippen molar-refractivity contribution in [1.29, 1.82) is 0 Å². The van der Waals surface area contributed by atoms with Crippen LogP contribution in [0.15, 0.2) is 95.0 Å². The van der Waals surface area contributed by atoms with Crippen molar-refractivity contribution in [2.45, 2.75) is 49.7 Å². The quantitative estimate of drug-likeness (QED) is 0.0336. The average Bonchev–Trinajstić information content (AvgIpc) is 3.81. The largest absolute Gasteiger partial charge is 0.505 e. The number of carbonyl (C=O) groups is 2. The molecule has 4 heterocycles. The third-order valence-corrected chi connectivity index (χ3v) is 10.6. The minimum Gasteiger partial charge on any atom is -0.505 e. The van der Waals surface area contributed by atoms with Gasteiger partial charge in [-0.2, -0.15) is 0 Å². The molecule has 3 aromatic heterocycles. The third kappa shape index (κ3) is 6.20. The van der Waals surface area contributed by atoms with Gasteiger partial charge < -0.3 is 14.6 Å². The second-order valence-corrected chi connectivity index (χ2v) is 13.9. The molecule has 1 fully saturated rings. The standard InChI is InChI=1S/C38H35N5O5S2/c1-4-6-20-48-28-18-17-25(21-29(28)47-5-2)33-31(34(44)32-23(3)39-30-16-9-10-19-42(30)32)35(45)36(46)43(33)37-40-41-38(50-37)49-22-26-14-11-13-24-12-7-8-15-27(24)26/h7-19,21,33,44H,4-6,20,22H2,1-3H3/b34-31+. The van der Waals surface area contributed by atoms with E-state index in [9.17, 15) is 14.7 Å². The van der Waals surface area contributed by atoms with Crippen molar-refractivity contribution in [1.82, 2.24) is 19.6 Å². The summed E-state index contributed by atoms with van der Waals surface area (Å²) in [5.74, 6) is -0.306. The zero-order chi connectivity index (χ0) is 34.8. The molecule has 1 N–H and O–H groups in total. The van der Waals surface area contributed by atoms with Gasteiger partial charge >= 0.3 is 5.91 Å². The molecule has 0 aliphatic carbocycles. The molecular weight excluding hydrogens is 671 g/mol. The van der Waals surface area contributed by atoms with Gasteiger partial charge in [0.25, 0.3) is 5.78 Å². The number of aliphatic hydroxyl groups excluding tert-OH is 1. The Hall–Kier alpha value is -5.20. The zero-order valence-corrected chi connectivity index (χ0v) is 29.5. The molecule has 1 unspecified atom stereocenters. The molecule has 1 aliphatic heterocycles. The number of carbonyl (C=O) groups excluding carboxylic acids is 2. The molecule has 0 bridgehead atoms. The number of hydrogen-bond acceptors (Lipinski definition) is 10. The number of Topliss-reactive ketones (excluding diaryl/α,β-unsaturated/α-hetero) is 1. The number of pyridine rings is 1. The lowest BCUT2D eigenvalue weighted by molar-refractivity contribution is -0.132. The smallest absolute Gasteiger partial charge is 0.301 e. The Kier molecular flexibility index (Phi) is 9.55. The molecule has 1 amide bonds. The number of amides is 1. The minimum absolute atomic E-state index is 0.0778. The second kappa shape index (κ2) is 14.3. The highest BCUT2D eigenvalue weighted by Crippen LogP contribution is 2.46. The summed E-state index contributed by atoms with van der Waals surface area (Å²) in [6.07, 6.45) is 3.61. The summed E-state index contributed by atoms with van der Waals surface area (Å²) in [4.78, 5) is 33.9. The fraction of sp³-hybridized carbons (Fsp3) is 0.237. The number of aromatic nitrogens is 4. The van der Waals surface area contributed by atoms with Gasteiger partial charge in [0, 0.05) is 11.9 Å². The molecule has 1 saturated heterocycles. The summed E-state index contributed by atoms with van der Waals surface area (Å²) < 4.78 is 14.4. The van der Waals surface area contributed by atoms with Crippen LogP contribution in [0.3, 0.4) is 0 Å². The molecule has 0 saturated carbocycles. The van der Waals surface area contributed by atoms with Crippen LogP contribution < -0.4 is 14.4 Å². The van der Waals surface area contributed by atoms with Gasteiger partial charge in [-0.05, 0) is 66.4 Å². The summed E-state index contributed by atoms with van der Waals surface area (Å²) in [7, 11) is 0. The third-order valence-electron chi connectivity index (χ3n) is 8.54. The SMILES string of the molecule is CCCCOc1ccc(C2/C(=C(\O)c3c(C)nc4ccccn34)C(=O)C(=O)N2c2nnc(SCc3cccc4ccccc34)s2)cc1OCC. The predicted octanol–water partition coefficient (Wildman–Crippen LogP) is 8.14.